The highest BCUT2D eigenvalue weighted by Gasteiger charge is 2.24. The molecule has 2 aromatic carbocycles. The number of anilines is 1. The molecular formula is C22H22N6O3. The highest BCUT2D eigenvalue weighted by Crippen LogP contribution is 2.34. The average Bonchev–Trinajstić information content (AvgIpc) is 2.83. The van der Waals surface area contributed by atoms with Crippen molar-refractivity contribution in [3.8, 4) is 23.4 Å². The number of fused-ring (bicyclic) bond motifs is 1. The van der Waals surface area contributed by atoms with Crippen molar-refractivity contribution in [1.29, 1.82) is 5.26 Å². The van der Waals surface area contributed by atoms with Crippen molar-refractivity contribution in [3.63, 3.8) is 0 Å². The summed E-state index contributed by atoms with van der Waals surface area (Å²) in [6.07, 6.45) is 3.39. The number of para-hydroxylation sites is 1. The van der Waals surface area contributed by atoms with E-state index >= 15 is 0 Å². The third-order valence-corrected chi connectivity index (χ3v) is 5.07. The van der Waals surface area contributed by atoms with Gasteiger partial charge in [-0.2, -0.15) is 5.26 Å². The maximum absolute atomic E-state index is 9.09. The van der Waals surface area contributed by atoms with Gasteiger partial charge in [-0.05, 0) is 18.2 Å². The van der Waals surface area contributed by atoms with Crippen LogP contribution in [0.15, 0.2) is 53.8 Å². The summed E-state index contributed by atoms with van der Waals surface area (Å²) >= 11 is 0. The lowest BCUT2D eigenvalue weighted by Crippen LogP contribution is -2.50. The Bertz CT molecular complexity index is 1120. The van der Waals surface area contributed by atoms with E-state index in [1.807, 2.05) is 53.6 Å². The summed E-state index contributed by atoms with van der Waals surface area (Å²) in [7, 11) is 3.21. The zero-order chi connectivity index (χ0) is 21.6. The second-order valence-corrected chi connectivity index (χ2v) is 6.81. The van der Waals surface area contributed by atoms with Crippen molar-refractivity contribution in [2.24, 2.45) is 4.99 Å². The SMILES string of the molecule is COc1cc2ncnc(N3CCN(C(=NC#N)Oc4ccccc4)CC3)c2cc1OC. The highest BCUT2D eigenvalue weighted by atomic mass is 16.5. The molecule has 9 nitrogen and oxygen atoms in total. The van der Waals surface area contributed by atoms with Gasteiger partial charge in [0.05, 0.1) is 19.7 Å². The zero-order valence-corrected chi connectivity index (χ0v) is 17.4. The number of benzene rings is 2. The molecule has 0 radical (unpaired) electrons. The first-order valence-corrected chi connectivity index (χ1v) is 9.79. The molecule has 2 heterocycles. The van der Waals surface area contributed by atoms with E-state index in [0.29, 0.717) is 49.4 Å². The molecule has 1 aliphatic rings. The molecule has 0 spiro atoms. The van der Waals surface area contributed by atoms with Crippen LogP contribution in [0, 0.1) is 11.5 Å². The van der Waals surface area contributed by atoms with Crippen molar-refractivity contribution in [2.75, 3.05) is 45.3 Å². The summed E-state index contributed by atoms with van der Waals surface area (Å²) in [4.78, 5) is 16.9. The first kappa shape index (κ1) is 20.2. The number of aromatic nitrogens is 2. The molecule has 0 bridgehead atoms. The first-order chi connectivity index (χ1) is 15.2. The lowest BCUT2D eigenvalue weighted by Gasteiger charge is -2.36. The second kappa shape index (κ2) is 9.17. The Morgan fingerprint density at radius 2 is 1.71 bits per heavy atom. The van der Waals surface area contributed by atoms with Crippen LogP contribution < -0.4 is 19.1 Å². The van der Waals surface area contributed by atoms with Gasteiger partial charge in [0, 0.05) is 37.6 Å². The van der Waals surface area contributed by atoms with E-state index < -0.39 is 0 Å². The molecular weight excluding hydrogens is 396 g/mol. The van der Waals surface area contributed by atoms with Crippen LogP contribution in [0.25, 0.3) is 10.9 Å². The van der Waals surface area contributed by atoms with Gasteiger partial charge in [0.15, 0.2) is 11.5 Å². The standard InChI is InChI=1S/C22H22N6O3/c1-29-19-12-17-18(13-20(19)30-2)25-15-26-21(17)27-8-10-28(11-9-27)22(24-14-23)31-16-6-4-3-5-7-16/h3-7,12-13,15H,8-11H2,1-2H3. The van der Waals surface area contributed by atoms with E-state index in [2.05, 4.69) is 19.9 Å². The Kier molecular flexibility index (Phi) is 5.98. The number of nitrogens with zero attached hydrogens (tertiary/aromatic N) is 6. The maximum Gasteiger partial charge on any atom is 0.308 e. The van der Waals surface area contributed by atoms with Gasteiger partial charge in [-0.3, -0.25) is 0 Å². The Balaban J connectivity index is 1.54. The minimum Gasteiger partial charge on any atom is -0.493 e. The summed E-state index contributed by atoms with van der Waals surface area (Å²) in [5, 5.41) is 9.98. The lowest BCUT2D eigenvalue weighted by molar-refractivity contribution is 0.320. The number of nitriles is 1. The van der Waals surface area contributed by atoms with Crippen molar-refractivity contribution < 1.29 is 14.2 Å². The molecule has 0 amide bonds. The van der Waals surface area contributed by atoms with Gasteiger partial charge < -0.3 is 24.0 Å². The number of rotatable bonds is 4. The molecule has 0 atom stereocenters. The second-order valence-electron chi connectivity index (χ2n) is 6.81. The molecule has 0 aliphatic carbocycles. The largest absolute Gasteiger partial charge is 0.493 e. The third kappa shape index (κ3) is 4.28. The molecule has 0 N–H and O–H groups in total. The molecule has 1 aromatic heterocycles. The molecule has 3 aromatic rings. The Labute approximate surface area is 180 Å². The van der Waals surface area contributed by atoms with Crippen molar-refractivity contribution in [1.82, 2.24) is 14.9 Å². The van der Waals surface area contributed by atoms with E-state index in [1.165, 1.54) is 0 Å². The van der Waals surface area contributed by atoms with E-state index in [1.54, 1.807) is 20.5 Å². The van der Waals surface area contributed by atoms with Crippen molar-refractivity contribution in [3.05, 3.63) is 48.8 Å². The summed E-state index contributed by atoms with van der Waals surface area (Å²) in [6.45, 7) is 2.63. The van der Waals surface area contributed by atoms with Gasteiger partial charge in [-0.25, -0.2) is 9.97 Å². The normalized spacial score (nSPS) is 14.3. The summed E-state index contributed by atoms with van der Waals surface area (Å²) in [6, 6.07) is 13.4. The average molecular weight is 418 g/mol. The van der Waals surface area contributed by atoms with Crippen LogP contribution in [-0.2, 0) is 0 Å². The van der Waals surface area contributed by atoms with Crippen molar-refractivity contribution >= 4 is 22.7 Å². The lowest BCUT2D eigenvalue weighted by atomic mass is 10.2. The zero-order valence-electron chi connectivity index (χ0n) is 17.4. The van der Waals surface area contributed by atoms with Crippen LogP contribution in [0.5, 0.6) is 17.2 Å². The maximum atomic E-state index is 9.09. The Morgan fingerprint density at radius 1 is 1.00 bits per heavy atom. The number of ether oxygens (including phenoxy) is 3. The van der Waals surface area contributed by atoms with Gasteiger partial charge in [0.25, 0.3) is 0 Å². The predicted octanol–water partition coefficient (Wildman–Crippen LogP) is 2.69. The van der Waals surface area contributed by atoms with Gasteiger partial charge >= 0.3 is 6.02 Å². The number of methoxy groups -OCH3 is 2. The molecule has 0 unspecified atom stereocenters. The first-order valence-electron chi connectivity index (χ1n) is 9.79. The summed E-state index contributed by atoms with van der Waals surface area (Å²) < 4.78 is 16.7. The van der Waals surface area contributed by atoms with Gasteiger partial charge in [-0.15, -0.1) is 4.99 Å². The molecule has 1 fully saturated rings. The van der Waals surface area contributed by atoms with Gasteiger partial charge in [0.2, 0.25) is 6.19 Å². The third-order valence-electron chi connectivity index (χ3n) is 5.07. The number of amidine groups is 1. The minimum atomic E-state index is 0.298. The van der Waals surface area contributed by atoms with E-state index in [9.17, 15) is 0 Å². The van der Waals surface area contributed by atoms with Crippen LogP contribution in [0.4, 0.5) is 5.82 Å². The molecule has 9 heteroatoms. The molecule has 1 saturated heterocycles. The molecule has 1 aliphatic heterocycles. The van der Waals surface area contributed by atoms with Crippen molar-refractivity contribution in [2.45, 2.75) is 0 Å². The summed E-state index contributed by atoms with van der Waals surface area (Å²) in [5.41, 5.74) is 0.782. The molecule has 158 valence electrons. The Morgan fingerprint density at radius 3 is 2.39 bits per heavy atom. The highest BCUT2D eigenvalue weighted by molar-refractivity contribution is 5.92. The molecule has 0 saturated carbocycles. The van der Waals surface area contributed by atoms with Gasteiger partial charge in [-0.1, -0.05) is 18.2 Å². The quantitative estimate of drug-likeness (QED) is 0.363. The van der Waals surface area contributed by atoms with E-state index in [-0.39, 0.29) is 0 Å². The van der Waals surface area contributed by atoms with Crippen LogP contribution in [-0.4, -0.2) is 61.3 Å². The number of aliphatic imine (C=N–C) groups is 1. The van der Waals surface area contributed by atoms with E-state index in [0.717, 1.165) is 16.7 Å². The topological polar surface area (TPSA) is 96.1 Å². The fourth-order valence-corrected chi connectivity index (χ4v) is 3.53. The smallest absolute Gasteiger partial charge is 0.308 e. The summed E-state index contributed by atoms with van der Waals surface area (Å²) in [5.74, 6) is 2.72. The number of piperazine rings is 1. The van der Waals surface area contributed by atoms with Crippen LogP contribution >= 0.6 is 0 Å². The minimum absolute atomic E-state index is 0.298. The fraction of sp³-hybridized carbons (Fsp3) is 0.273. The number of hydrogen-bond acceptors (Lipinski definition) is 8. The van der Waals surface area contributed by atoms with Crippen LogP contribution in [0.3, 0.4) is 0 Å². The Hall–Kier alpha value is -4.06. The van der Waals surface area contributed by atoms with Gasteiger partial charge in [0.1, 0.15) is 17.9 Å². The van der Waals surface area contributed by atoms with Crippen LogP contribution in [0.2, 0.25) is 0 Å². The van der Waals surface area contributed by atoms with E-state index in [4.69, 9.17) is 19.5 Å². The fourth-order valence-electron chi connectivity index (χ4n) is 3.53. The molecule has 31 heavy (non-hydrogen) atoms. The number of hydrogen-bond donors (Lipinski definition) is 0. The predicted molar refractivity (Wildman–Crippen MR) is 117 cm³/mol. The van der Waals surface area contributed by atoms with Crippen LogP contribution in [0.1, 0.15) is 0 Å². The monoisotopic (exact) mass is 418 g/mol. The molecule has 4 rings (SSSR count).